The lowest BCUT2D eigenvalue weighted by Crippen LogP contribution is -1.93. The summed E-state index contributed by atoms with van der Waals surface area (Å²) >= 11 is 5.40. The van der Waals surface area contributed by atoms with Crippen LogP contribution in [0.2, 0.25) is 0 Å². The van der Waals surface area contributed by atoms with Gasteiger partial charge < -0.3 is 4.74 Å². The molecule has 1 rings (SSSR count). The van der Waals surface area contributed by atoms with E-state index in [1.807, 2.05) is 0 Å². The zero-order chi connectivity index (χ0) is 5.11. The van der Waals surface area contributed by atoms with Crippen LogP contribution in [-0.2, 0) is 4.74 Å². The fourth-order valence-corrected chi connectivity index (χ4v) is 0.851. The Hall–Kier alpha value is 0.250. The number of rotatable bonds is 1. The van der Waals surface area contributed by atoms with Gasteiger partial charge in [-0.15, -0.1) is 11.6 Å². The summed E-state index contributed by atoms with van der Waals surface area (Å²) in [5, 5.41) is 0. The lowest BCUT2D eigenvalue weighted by Gasteiger charge is -1.95. The largest absolute Gasteiger partial charge is 0.381 e. The van der Waals surface area contributed by atoms with Crippen LogP contribution in [-0.4, -0.2) is 13.2 Å². The van der Waals surface area contributed by atoms with E-state index in [9.17, 15) is 0 Å². The van der Waals surface area contributed by atoms with Crippen molar-refractivity contribution in [3.05, 3.63) is 5.88 Å². The predicted octanol–water partition coefficient (Wildman–Crippen LogP) is 1.42. The third-order valence-corrected chi connectivity index (χ3v) is 1.50. The molecule has 1 aliphatic heterocycles. The van der Waals surface area contributed by atoms with Crippen LogP contribution in [0.3, 0.4) is 0 Å². The first kappa shape index (κ1) is 5.39. The van der Waals surface area contributed by atoms with Crippen molar-refractivity contribution in [1.82, 2.24) is 0 Å². The highest BCUT2D eigenvalue weighted by Crippen LogP contribution is 2.16. The molecule has 0 N–H and O–H groups in total. The summed E-state index contributed by atoms with van der Waals surface area (Å²) in [5.74, 6) is 2.20. The Morgan fingerprint density at radius 2 is 2.57 bits per heavy atom. The van der Waals surface area contributed by atoms with E-state index in [0.29, 0.717) is 5.92 Å². The lowest BCUT2D eigenvalue weighted by atomic mass is 10.2. The highest BCUT2D eigenvalue weighted by molar-refractivity contribution is 6.23. The average Bonchev–Trinajstić information content (AvgIpc) is 2.14. The Kier molecular flexibility index (Phi) is 1.95. The van der Waals surface area contributed by atoms with Gasteiger partial charge in [-0.25, -0.2) is 0 Å². The van der Waals surface area contributed by atoms with Gasteiger partial charge >= 0.3 is 0 Å². The highest BCUT2D eigenvalue weighted by Gasteiger charge is 2.13. The molecule has 1 heterocycles. The quantitative estimate of drug-likeness (QED) is 0.507. The van der Waals surface area contributed by atoms with Gasteiger partial charge in [-0.1, -0.05) is 0 Å². The molecule has 0 bridgehead atoms. The summed E-state index contributed by atoms with van der Waals surface area (Å²) in [6.45, 7) is 1.71. The van der Waals surface area contributed by atoms with Crippen molar-refractivity contribution in [1.29, 1.82) is 0 Å². The molecule has 0 aliphatic carbocycles. The first-order valence-electron chi connectivity index (χ1n) is 2.45. The number of hydrogen-bond acceptors (Lipinski definition) is 1. The summed E-state index contributed by atoms with van der Waals surface area (Å²) in [6, 6.07) is 0. The van der Waals surface area contributed by atoms with E-state index in [1.54, 1.807) is 5.88 Å². The fraction of sp³-hybridized carbons (Fsp3) is 0.800. The zero-order valence-corrected chi connectivity index (χ0v) is 4.82. The van der Waals surface area contributed by atoms with Crippen molar-refractivity contribution in [2.24, 2.45) is 5.92 Å². The zero-order valence-electron chi connectivity index (χ0n) is 4.06. The molecular formula is C5H8ClO. The second kappa shape index (κ2) is 2.53. The number of ether oxygens (including phenoxy) is 1. The molecule has 1 unspecified atom stereocenters. The molecular weight excluding hydrogens is 112 g/mol. The predicted molar refractivity (Wildman–Crippen MR) is 29.1 cm³/mol. The maximum absolute atomic E-state index is 5.40. The van der Waals surface area contributed by atoms with Crippen molar-refractivity contribution < 1.29 is 4.74 Å². The standard InChI is InChI=1S/C5H8ClO/c6-3-5-1-2-7-4-5/h3,5H,1-2,4H2. The second-order valence-corrected chi connectivity index (χ2v) is 2.00. The SMILES string of the molecule is Cl[CH]C1CCOC1. The van der Waals surface area contributed by atoms with Gasteiger partial charge in [0.05, 0.1) is 12.5 Å². The average molecular weight is 120 g/mol. The number of hydrogen-bond donors (Lipinski definition) is 0. The summed E-state index contributed by atoms with van der Waals surface area (Å²) in [7, 11) is 0. The van der Waals surface area contributed by atoms with Gasteiger partial charge in [-0.05, 0) is 6.42 Å². The molecule has 0 aromatic carbocycles. The Morgan fingerprint density at radius 1 is 1.71 bits per heavy atom. The van der Waals surface area contributed by atoms with Gasteiger partial charge in [0.25, 0.3) is 0 Å². The molecule has 1 fully saturated rings. The maximum Gasteiger partial charge on any atom is 0.0554 e. The Balaban J connectivity index is 2.14. The van der Waals surface area contributed by atoms with E-state index in [-0.39, 0.29) is 0 Å². The van der Waals surface area contributed by atoms with E-state index in [2.05, 4.69) is 0 Å². The van der Waals surface area contributed by atoms with Crippen LogP contribution in [0.15, 0.2) is 0 Å². The smallest absolute Gasteiger partial charge is 0.0554 e. The van der Waals surface area contributed by atoms with E-state index in [0.717, 1.165) is 19.6 Å². The van der Waals surface area contributed by atoms with Crippen LogP contribution in [0.1, 0.15) is 6.42 Å². The lowest BCUT2D eigenvalue weighted by molar-refractivity contribution is 0.190. The van der Waals surface area contributed by atoms with Gasteiger partial charge in [0.2, 0.25) is 0 Å². The van der Waals surface area contributed by atoms with E-state index in [4.69, 9.17) is 16.3 Å². The van der Waals surface area contributed by atoms with Crippen molar-refractivity contribution in [3.8, 4) is 0 Å². The van der Waals surface area contributed by atoms with Gasteiger partial charge in [-0.3, -0.25) is 0 Å². The van der Waals surface area contributed by atoms with Gasteiger partial charge in [0, 0.05) is 12.5 Å². The molecule has 0 saturated carbocycles. The monoisotopic (exact) mass is 119 g/mol. The van der Waals surface area contributed by atoms with Crippen LogP contribution in [0.25, 0.3) is 0 Å². The molecule has 1 nitrogen and oxygen atoms in total. The highest BCUT2D eigenvalue weighted by atomic mass is 35.5. The minimum atomic E-state index is 0.515. The Morgan fingerprint density at radius 3 is 2.86 bits per heavy atom. The van der Waals surface area contributed by atoms with Crippen molar-refractivity contribution in [2.75, 3.05) is 13.2 Å². The molecule has 0 spiro atoms. The van der Waals surface area contributed by atoms with E-state index < -0.39 is 0 Å². The molecule has 2 heteroatoms. The third kappa shape index (κ3) is 1.32. The minimum Gasteiger partial charge on any atom is -0.381 e. The van der Waals surface area contributed by atoms with Crippen molar-refractivity contribution >= 4 is 11.6 Å². The molecule has 1 atom stereocenters. The van der Waals surface area contributed by atoms with Gasteiger partial charge in [0.15, 0.2) is 0 Å². The molecule has 0 aromatic rings. The first-order chi connectivity index (χ1) is 3.43. The molecule has 41 valence electrons. The fourth-order valence-electron chi connectivity index (χ4n) is 0.652. The molecule has 0 amide bonds. The first-order valence-corrected chi connectivity index (χ1v) is 2.88. The van der Waals surface area contributed by atoms with Crippen LogP contribution in [0.4, 0.5) is 0 Å². The van der Waals surface area contributed by atoms with E-state index >= 15 is 0 Å². The molecule has 0 aromatic heterocycles. The topological polar surface area (TPSA) is 9.23 Å². The van der Waals surface area contributed by atoms with E-state index in [1.165, 1.54) is 0 Å². The summed E-state index contributed by atoms with van der Waals surface area (Å²) in [6.07, 6.45) is 1.10. The minimum absolute atomic E-state index is 0.515. The van der Waals surface area contributed by atoms with Crippen LogP contribution in [0.5, 0.6) is 0 Å². The van der Waals surface area contributed by atoms with Crippen LogP contribution in [0, 0.1) is 11.8 Å². The van der Waals surface area contributed by atoms with Gasteiger partial charge in [-0.2, -0.15) is 0 Å². The normalized spacial score (nSPS) is 31.3. The van der Waals surface area contributed by atoms with Crippen molar-refractivity contribution in [3.63, 3.8) is 0 Å². The molecule has 1 radical (unpaired) electrons. The summed E-state index contributed by atoms with van der Waals surface area (Å²) in [4.78, 5) is 0. The van der Waals surface area contributed by atoms with Gasteiger partial charge in [0.1, 0.15) is 0 Å². The van der Waals surface area contributed by atoms with Crippen LogP contribution < -0.4 is 0 Å². The molecule has 7 heavy (non-hydrogen) atoms. The van der Waals surface area contributed by atoms with Crippen LogP contribution >= 0.6 is 11.6 Å². The molecule has 1 aliphatic rings. The summed E-state index contributed by atoms with van der Waals surface area (Å²) in [5.41, 5.74) is 0. The number of halogens is 1. The summed E-state index contributed by atoms with van der Waals surface area (Å²) < 4.78 is 5.03. The second-order valence-electron chi connectivity index (χ2n) is 1.75. The Labute approximate surface area is 48.6 Å². The maximum atomic E-state index is 5.40. The molecule has 1 saturated heterocycles. The Bertz CT molecular complexity index is 50.0. The third-order valence-electron chi connectivity index (χ3n) is 1.14. The van der Waals surface area contributed by atoms with Crippen molar-refractivity contribution in [2.45, 2.75) is 6.42 Å².